The lowest BCUT2D eigenvalue weighted by Gasteiger charge is -2.18. The number of pyridine rings is 1. The maximum absolute atomic E-state index is 11.2. The number of aryl methyl sites for hydroxylation is 1. The van der Waals surface area contributed by atoms with E-state index >= 15 is 0 Å². The predicted molar refractivity (Wildman–Crippen MR) is 66.9 cm³/mol. The van der Waals surface area contributed by atoms with Crippen LogP contribution in [0.5, 0.6) is 0 Å². The van der Waals surface area contributed by atoms with Gasteiger partial charge in [-0.05, 0) is 11.8 Å². The van der Waals surface area contributed by atoms with Crippen molar-refractivity contribution in [3.05, 3.63) is 33.1 Å². The molecule has 17 heavy (non-hydrogen) atoms. The monoisotopic (exact) mass is 237 g/mol. The van der Waals surface area contributed by atoms with Crippen LogP contribution in [0.3, 0.4) is 0 Å². The van der Waals surface area contributed by atoms with Gasteiger partial charge in [0.05, 0.1) is 4.92 Å². The first-order chi connectivity index (χ1) is 7.63. The Labute approximate surface area is 102 Å². The van der Waals surface area contributed by atoms with Gasteiger partial charge in [0, 0.05) is 25.5 Å². The summed E-state index contributed by atoms with van der Waals surface area (Å²) in [6.45, 7) is 10.1. The summed E-state index contributed by atoms with van der Waals surface area (Å²) in [4.78, 5) is 10.9. The largest absolute Gasteiger partial charge is 0.338 e. The molecule has 0 fully saturated rings. The van der Waals surface area contributed by atoms with Gasteiger partial charge in [0.15, 0.2) is 5.69 Å². The molecule has 1 heterocycles. The maximum Gasteiger partial charge on any atom is 0.338 e. The van der Waals surface area contributed by atoms with Crippen molar-refractivity contribution in [2.45, 2.75) is 41.0 Å². The Hall–Kier alpha value is -1.45. The van der Waals surface area contributed by atoms with Crippen molar-refractivity contribution in [1.82, 2.24) is 0 Å². The fourth-order valence-electron chi connectivity index (χ4n) is 2.03. The molecule has 1 aromatic rings. The second-order valence-corrected chi connectivity index (χ2v) is 5.80. The molecule has 4 heteroatoms. The smallest absolute Gasteiger partial charge is 0.258 e. The van der Waals surface area contributed by atoms with E-state index in [1.807, 2.05) is 24.6 Å². The van der Waals surface area contributed by atoms with E-state index in [4.69, 9.17) is 0 Å². The number of aromatic nitrogens is 1. The first-order valence-corrected chi connectivity index (χ1v) is 5.77. The van der Waals surface area contributed by atoms with Crippen LogP contribution in [-0.2, 0) is 13.5 Å². The van der Waals surface area contributed by atoms with Gasteiger partial charge in [0.1, 0.15) is 7.05 Å². The van der Waals surface area contributed by atoms with E-state index in [0.29, 0.717) is 12.1 Å². The summed E-state index contributed by atoms with van der Waals surface area (Å²) in [5, 5.41) is 11.2. The summed E-state index contributed by atoms with van der Waals surface area (Å²) in [5.74, 6) is 0. The molecule has 0 atom stereocenters. The van der Waals surface area contributed by atoms with Gasteiger partial charge in [0.25, 0.3) is 5.69 Å². The van der Waals surface area contributed by atoms with Crippen LogP contribution in [0, 0.1) is 29.4 Å². The molecular formula is C13H21N2O2+. The van der Waals surface area contributed by atoms with E-state index in [1.165, 1.54) is 0 Å². The topological polar surface area (TPSA) is 47.0 Å². The summed E-state index contributed by atoms with van der Waals surface area (Å²) in [5.41, 5.74) is 2.90. The fraction of sp³-hybridized carbons (Fsp3) is 0.615. The van der Waals surface area contributed by atoms with E-state index < -0.39 is 0 Å². The van der Waals surface area contributed by atoms with Crippen molar-refractivity contribution in [2.24, 2.45) is 12.5 Å². The van der Waals surface area contributed by atoms with Crippen molar-refractivity contribution in [3.8, 4) is 0 Å². The van der Waals surface area contributed by atoms with Gasteiger partial charge in [-0.25, -0.2) is 0 Å². The van der Waals surface area contributed by atoms with Gasteiger partial charge < -0.3 is 0 Å². The normalized spacial score (nSPS) is 11.6. The standard InChI is InChI=1S/C13H21N2O2/c1-9-7-11(8-13(3,4)5)12(15(16)17)10(2)14(9)6/h7H,8H2,1-6H3/q+1. The van der Waals surface area contributed by atoms with Crippen LogP contribution in [0.4, 0.5) is 5.69 Å². The van der Waals surface area contributed by atoms with Gasteiger partial charge in [-0.3, -0.25) is 10.1 Å². The lowest BCUT2D eigenvalue weighted by Crippen LogP contribution is -2.37. The molecule has 0 aromatic carbocycles. The second-order valence-electron chi connectivity index (χ2n) is 5.80. The second kappa shape index (κ2) is 4.43. The first kappa shape index (κ1) is 13.6. The highest BCUT2D eigenvalue weighted by molar-refractivity contribution is 5.42. The van der Waals surface area contributed by atoms with Crippen LogP contribution in [0.2, 0.25) is 0 Å². The van der Waals surface area contributed by atoms with Crippen LogP contribution in [-0.4, -0.2) is 4.92 Å². The molecule has 0 N–H and O–H groups in total. The zero-order valence-electron chi connectivity index (χ0n) is 11.5. The highest BCUT2D eigenvalue weighted by atomic mass is 16.6. The highest BCUT2D eigenvalue weighted by Gasteiger charge is 2.28. The van der Waals surface area contributed by atoms with Crippen LogP contribution in [0.15, 0.2) is 6.07 Å². The van der Waals surface area contributed by atoms with E-state index in [-0.39, 0.29) is 16.0 Å². The average molecular weight is 237 g/mol. The first-order valence-electron chi connectivity index (χ1n) is 5.77. The number of nitrogens with zero attached hydrogens (tertiary/aromatic N) is 2. The Morgan fingerprint density at radius 2 is 1.88 bits per heavy atom. The summed E-state index contributed by atoms with van der Waals surface area (Å²) in [6, 6.07) is 1.93. The number of nitro groups is 1. The predicted octanol–water partition coefficient (Wildman–Crippen LogP) is 2.62. The zero-order valence-corrected chi connectivity index (χ0v) is 11.5. The summed E-state index contributed by atoms with van der Waals surface area (Å²) in [7, 11) is 1.86. The van der Waals surface area contributed by atoms with E-state index in [2.05, 4.69) is 20.8 Å². The molecule has 0 aliphatic heterocycles. The zero-order chi connectivity index (χ0) is 13.4. The minimum Gasteiger partial charge on any atom is -0.258 e. The number of hydrogen-bond acceptors (Lipinski definition) is 2. The SMILES string of the molecule is Cc1cc(CC(C)(C)C)c([N+](=O)[O-])c(C)[n+]1C. The summed E-state index contributed by atoms with van der Waals surface area (Å²) >= 11 is 0. The lowest BCUT2D eigenvalue weighted by molar-refractivity contribution is -0.686. The Morgan fingerprint density at radius 1 is 1.35 bits per heavy atom. The van der Waals surface area contributed by atoms with Crippen molar-refractivity contribution in [2.75, 3.05) is 0 Å². The van der Waals surface area contributed by atoms with Gasteiger partial charge in [-0.1, -0.05) is 20.8 Å². The quantitative estimate of drug-likeness (QED) is 0.451. The van der Waals surface area contributed by atoms with E-state index in [1.54, 1.807) is 6.92 Å². The molecule has 0 amide bonds. The fourth-order valence-corrected chi connectivity index (χ4v) is 2.03. The van der Waals surface area contributed by atoms with E-state index in [9.17, 15) is 10.1 Å². The van der Waals surface area contributed by atoms with Gasteiger partial charge in [-0.15, -0.1) is 0 Å². The molecule has 0 saturated heterocycles. The summed E-state index contributed by atoms with van der Waals surface area (Å²) < 4.78 is 1.87. The Kier molecular flexibility index (Phi) is 3.55. The van der Waals surface area contributed by atoms with Crippen molar-refractivity contribution in [1.29, 1.82) is 0 Å². The molecule has 0 radical (unpaired) electrons. The number of rotatable bonds is 2. The molecule has 0 unspecified atom stereocenters. The molecule has 0 saturated carbocycles. The van der Waals surface area contributed by atoms with Crippen LogP contribution < -0.4 is 4.57 Å². The molecule has 0 aliphatic carbocycles. The molecule has 1 aromatic heterocycles. The Balaban J connectivity index is 3.43. The molecule has 4 nitrogen and oxygen atoms in total. The van der Waals surface area contributed by atoms with E-state index in [0.717, 1.165) is 11.3 Å². The Bertz CT molecular complexity index is 459. The van der Waals surface area contributed by atoms with Gasteiger partial charge in [-0.2, -0.15) is 4.57 Å². The third-order valence-electron chi connectivity index (χ3n) is 2.97. The summed E-state index contributed by atoms with van der Waals surface area (Å²) in [6.07, 6.45) is 0.714. The minimum absolute atomic E-state index is 0.0452. The van der Waals surface area contributed by atoms with Gasteiger partial charge in [0.2, 0.25) is 0 Å². The van der Waals surface area contributed by atoms with Crippen molar-refractivity contribution >= 4 is 5.69 Å². The van der Waals surface area contributed by atoms with Crippen molar-refractivity contribution in [3.63, 3.8) is 0 Å². The van der Waals surface area contributed by atoms with Crippen molar-refractivity contribution < 1.29 is 9.49 Å². The molecule has 1 rings (SSSR count). The molecule has 0 bridgehead atoms. The number of hydrogen-bond donors (Lipinski definition) is 0. The molecule has 0 aliphatic rings. The maximum atomic E-state index is 11.2. The average Bonchev–Trinajstić information content (AvgIpc) is 2.11. The molecule has 94 valence electrons. The van der Waals surface area contributed by atoms with Gasteiger partial charge >= 0.3 is 5.69 Å². The van der Waals surface area contributed by atoms with Crippen LogP contribution >= 0.6 is 0 Å². The molecular weight excluding hydrogens is 216 g/mol. The third kappa shape index (κ3) is 3.02. The highest BCUT2D eigenvalue weighted by Crippen LogP contribution is 2.28. The Morgan fingerprint density at radius 3 is 2.29 bits per heavy atom. The molecule has 0 spiro atoms. The lowest BCUT2D eigenvalue weighted by atomic mass is 9.87. The van der Waals surface area contributed by atoms with Crippen LogP contribution in [0.25, 0.3) is 0 Å². The minimum atomic E-state index is -0.268. The third-order valence-corrected chi connectivity index (χ3v) is 2.97. The van der Waals surface area contributed by atoms with Crippen LogP contribution in [0.1, 0.15) is 37.7 Å².